The van der Waals surface area contributed by atoms with Crippen molar-refractivity contribution < 1.29 is 32.3 Å². The smallest absolute Gasteiger partial charge is 0.308 e. The minimum Gasteiger partial charge on any atom is -0.456 e. The van der Waals surface area contributed by atoms with Crippen LogP contribution in [0.4, 0.5) is 0 Å². The topological polar surface area (TPSA) is 153 Å². The van der Waals surface area contributed by atoms with Crippen LogP contribution in [0.1, 0.15) is 24.8 Å². The van der Waals surface area contributed by atoms with Gasteiger partial charge >= 0.3 is 5.97 Å². The normalized spacial score (nSPS) is 20.2. The summed E-state index contributed by atoms with van der Waals surface area (Å²) in [5, 5.41) is 7.63. The Bertz CT molecular complexity index is 1010. The number of fused-ring (bicyclic) bond motifs is 1. The molecule has 1 saturated heterocycles. The lowest BCUT2D eigenvalue weighted by Gasteiger charge is -2.14. The van der Waals surface area contributed by atoms with Crippen molar-refractivity contribution in [3.63, 3.8) is 0 Å². The Morgan fingerprint density at radius 2 is 1.66 bits per heavy atom. The first-order valence-corrected chi connectivity index (χ1v) is 11.8. The first-order valence-electron chi connectivity index (χ1n) is 10.2. The lowest BCUT2D eigenvalue weighted by molar-refractivity contribution is -0.149. The maximum atomic E-state index is 12.4. The molecule has 11 heteroatoms. The summed E-state index contributed by atoms with van der Waals surface area (Å²) in [7, 11) is -3.75. The number of nitrogens with zero attached hydrogens (tertiary/aromatic N) is 1. The van der Waals surface area contributed by atoms with E-state index in [1.807, 2.05) is 12.2 Å². The number of allylic oxidation sites excluding steroid dienone is 2. The second-order valence-electron chi connectivity index (χ2n) is 7.68. The molecule has 3 amide bonds. The van der Waals surface area contributed by atoms with E-state index in [0.717, 1.165) is 10.5 Å². The van der Waals surface area contributed by atoms with E-state index in [1.54, 1.807) is 12.1 Å². The highest BCUT2D eigenvalue weighted by Crippen LogP contribution is 2.34. The van der Waals surface area contributed by atoms with Gasteiger partial charge in [-0.2, -0.15) is 0 Å². The molecule has 172 valence electrons. The monoisotopic (exact) mass is 463 g/mol. The molecular formula is C21H25N3O7S. The molecule has 1 fully saturated rings. The molecule has 10 nitrogen and oxygen atoms in total. The summed E-state index contributed by atoms with van der Waals surface area (Å²) in [4.78, 5) is 49.6. The maximum Gasteiger partial charge on any atom is 0.308 e. The van der Waals surface area contributed by atoms with Crippen LogP contribution in [0, 0.1) is 11.8 Å². The van der Waals surface area contributed by atoms with E-state index in [1.165, 1.54) is 12.1 Å². The van der Waals surface area contributed by atoms with Gasteiger partial charge in [0.25, 0.3) is 5.91 Å². The lowest BCUT2D eigenvalue weighted by Crippen LogP contribution is -2.34. The number of sulfonamides is 1. The van der Waals surface area contributed by atoms with E-state index in [-0.39, 0.29) is 48.1 Å². The highest BCUT2D eigenvalue weighted by Gasteiger charge is 2.46. The fourth-order valence-corrected chi connectivity index (χ4v) is 4.27. The number of carbonyl (C=O) groups is 4. The third-order valence-corrected chi connectivity index (χ3v) is 6.42. The molecule has 1 aromatic rings. The van der Waals surface area contributed by atoms with Gasteiger partial charge in [-0.3, -0.25) is 24.1 Å². The third kappa shape index (κ3) is 5.80. The quantitative estimate of drug-likeness (QED) is 0.294. The van der Waals surface area contributed by atoms with Crippen molar-refractivity contribution in [1.29, 1.82) is 0 Å². The van der Waals surface area contributed by atoms with E-state index in [2.05, 4.69) is 5.32 Å². The number of nitrogens with two attached hydrogens (primary N) is 1. The molecule has 1 aromatic carbocycles. The number of esters is 1. The number of nitrogens with one attached hydrogen (secondary N) is 1. The highest BCUT2D eigenvalue weighted by atomic mass is 32.2. The molecular weight excluding hydrogens is 438 g/mol. The maximum absolute atomic E-state index is 12.4. The zero-order valence-corrected chi connectivity index (χ0v) is 18.2. The summed E-state index contributed by atoms with van der Waals surface area (Å²) in [6.45, 7) is -0.265. The first-order chi connectivity index (χ1) is 15.2. The average molecular weight is 464 g/mol. The number of amides is 3. The predicted octanol–water partition coefficient (Wildman–Crippen LogP) is -0.123. The van der Waals surface area contributed by atoms with Crippen LogP contribution in [0.5, 0.6) is 0 Å². The van der Waals surface area contributed by atoms with Crippen molar-refractivity contribution in [2.45, 2.75) is 30.6 Å². The predicted molar refractivity (Wildman–Crippen MR) is 112 cm³/mol. The molecule has 1 heterocycles. The van der Waals surface area contributed by atoms with Gasteiger partial charge in [-0.1, -0.05) is 24.3 Å². The lowest BCUT2D eigenvalue weighted by atomic mass is 9.85. The van der Waals surface area contributed by atoms with Gasteiger partial charge < -0.3 is 10.1 Å². The van der Waals surface area contributed by atoms with Crippen molar-refractivity contribution in [2.75, 3.05) is 19.7 Å². The fourth-order valence-electron chi connectivity index (χ4n) is 3.75. The Hall–Kier alpha value is -3.05. The number of rotatable bonds is 9. The largest absolute Gasteiger partial charge is 0.456 e. The summed E-state index contributed by atoms with van der Waals surface area (Å²) in [5.74, 6) is -2.37. The standard InChI is InChI=1S/C21H25N3O7S/c22-32(29,30)15-7-5-14(6-8-15)9-11-23-18(25)13-31-19(26)10-12-24-20(27)16-3-1-2-4-17(16)21(24)28/h1-2,5-8,16-17H,3-4,9-13H2,(H,23,25)(H2,22,29,30)/t16-,17+. The van der Waals surface area contributed by atoms with E-state index < -0.39 is 28.5 Å². The van der Waals surface area contributed by atoms with Gasteiger partial charge in [-0.05, 0) is 37.0 Å². The fraction of sp³-hybridized carbons (Fsp3) is 0.429. The molecule has 1 aliphatic heterocycles. The second-order valence-corrected chi connectivity index (χ2v) is 9.24. The molecule has 0 saturated carbocycles. The van der Waals surface area contributed by atoms with Crippen LogP contribution < -0.4 is 10.5 Å². The minimum atomic E-state index is -3.75. The molecule has 1 aliphatic carbocycles. The van der Waals surface area contributed by atoms with Crippen molar-refractivity contribution in [3.8, 4) is 0 Å². The van der Waals surface area contributed by atoms with Gasteiger partial charge in [0.15, 0.2) is 6.61 Å². The molecule has 0 aromatic heterocycles. The van der Waals surface area contributed by atoms with Crippen LogP contribution in [0.15, 0.2) is 41.3 Å². The zero-order chi connectivity index (χ0) is 23.3. The summed E-state index contributed by atoms with van der Waals surface area (Å²) in [6, 6.07) is 5.96. The first kappa shape index (κ1) is 23.6. The van der Waals surface area contributed by atoms with Crippen molar-refractivity contribution in [2.24, 2.45) is 17.0 Å². The van der Waals surface area contributed by atoms with Crippen molar-refractivity contribution in [3.05, 3.63) is 42.0 Å². The molecule has 0 unspecified atom stereocenters. The number of imide groups is 1. The van der Waals surface area contributed by atoms with Crippen LogP contribution >= 0.6 is 0 Å². The number of carbonyl (C=O) groups excluding carboxylic acids is 4. The number of hydrogen-bond acceptors (Lipinski definition) is 7. The highest BCUT2D eigenvalue weighted by molar-refractivity contribution is 7.89. The zero-order valence-electron chi connectivity index (χ0n) is 17.4. The van der Waals surface area contributed by atoms with E-state index in [9.17, 15) is 27.6 Å². The molecule has 0 radical (unpaired) electrons. The number of hydrogen-bond donors (Lipinski definition) is 2. The summed E-state index contributed by atoms with van der Waals surface area (Å²) < 4.78 is 27.4. The van der Waals surface area contributed by atoms with Crippen LogP contribution in [-0.4, -0.2) is 56.7 Å². The molecule has 2 aliphatic rings. The van der Waals surface area contributed by atoms with Crippen LogP contribution in [0.2, 0.25) is 0 Å². The Morgan fingerprint density at radius 1 is 1.06 bits per heavy atom. The third-order valence-electron chi connectivity index (χ3n) is 5.49. The molecule has 3 N–H and O–H groups in total. The van der Waals surface area contributed by atoms with Crippen LogP contribution in [0.25, 0.3) is 0 Å². The summed E-state index contributed by atoms with van der Waals surface area (Å²) in [6.07, 6.45) is 5.12. The Morgan fingerprint density at radius 3 is 2.22 bits per heavy atom. The Kier molecular flexibility index (Phi) is 7.41. The van der Waals surface area contributed by atoms with E-state index >= 15 is 0 Å². The van der Waals surface area contributed by atoms with Gasteiger partial charge in [-0.25, -0.2) is 13.6 Å². The second kappa shape index (κ2) is 10.0. The SMILES string of the molecule is NS(=O)(=O)c1ccc(CCNC(=O)COC(=O)CCN2C(=O)[C@H]3CC=CC[C@H]3C2=O)cc1. The van der Waals surface area contributed by atoms with Crippen LogP contribution in [0.3, 0.4) is 0 Å². The number of likely N-dealkylation sites (tertiary alicyclic amines) is 1. The minimum absolute atomic E-state index is 0.00459. The molecule has 0 bridgehead atoms. The van der Waals surface area contributed by atoms with E-state index in [0.29, 0.717) is 19.3 Å². The van der Waals surface area contributed by atoms with Crippen molar-refractivity contribution in [1.82, 2.24) is 10.2 Å². The van der Waals surface area contributed by atoms with E-state index in [4.69, 9.17) is 9.88 Å². The van der Waals surface area contributed by atoms with Crippen molar-refractivity contribution >= 4 is 33.7 Å². The number of primary sulfonamides is 1. The summed E-state index contributed by atoms with van der Waals surface area (Å²) >= 11 is 0. The van der Waals surface area contributed by atoms with Gasteiger partial charge in [0.2, 0.25) is 21.8 Å². The molecule has 32 heavy (non-hydrogen) atoms. The Labute approximate surface area is 185 Å². The molecule has 3 rings (SSSR count). The average Bonchev–Trinajstić information content (AvgIpc) is 3.00. The number of benzene rings is 1. The van der Waals surface area contributed by atoms with Gasteiger partial charge in [0.1, 0.15) is 0 Å². The van der Waals surface area contributed by atoms with Gasteiger partial charge in [0, 0.05) is 13.1 Å². The Balaban J connectivity index is 1.34. The van der Waals surface area contributed by atoms with Gasteiger partial charge in [-0.15, -0.1) is 0 Å². The molecule has 2 atom stereocenters. The summed E-state index contributed by atoms with van der Waals surface area (Å²) in [5.41, 5.74) is 0.797. The molecule has 0 spiro atoms. The number of ether oxygens (including phenoxy) is 1. The van der Waals surface area contributed by atoms with Gasteiger partial charge in [0.05, 0.1) is 23.2 Å². The van der Waals surface area contributed by atoms with Crippen LogP contribution in [-0.2, 0) is 40.4 Å².